The average Bonchev–Trinajstić information content (AvgIpc) is 3.16. The third kappa shape index (κ3) is 6.41. The Balaban J connectivity index is 1.87. The van der Waals surface area contributed by atoms with E-state index in [-0.39, 0.29) is 36.8 Å². The number of anilines is 1. The van der Waals surface area contributed by atoms with Crippen LogP contribution in [-0.4, -0.2) is 49.1 Å². The topological polar surface area (TPSA) is 76.2 Å². The van der Waals surface area contributed by atoms with Gasteiger partial charge in [0.1, 0.15) is 12.4 Å². The zero-order valence-corrected chi connectivity index (χ0v) is 21.5. The van der Waals surface area contributed by atoms with Crippen molar-refractivity contribution in [3.63, 3.8) is 0 Å². The van der Waals surface area contributed by atoms with Crippen molar-refractivity contribution in [1.29, 1.82) is 0 Å². The highest BCUT2D eigenvalue weighted by Crippen LogP contribution is 2.34. The second kappa shape index (κ2) is 10.9. The molecule has 3 rings (SSSR count). The molecule has 1 aliphatic heterocycles. The molecule has 0 spiro atoms. The number of nitrogens with zero attached hydrogens (tertiary/aromatic N) is 2. The Morgan fingerprint density at radius 2 is 1.80 bits per heavy atom. The molecule has 188 valence electrons. The lowest BCUT2D eigenvalue weighted by Gasteiger charge is -2.32. The van der Waals surface area contributed by atoms with Crippen LogP contribution in [0.25, 0.3) is 0 Å². The van der Waals surface area contributed by atoms with Crippen molar-refractivity contribution in [3.05, 3.63) is 59.7 Å². The van der Waals surface area contributed by atoms with Gasteiger partial charge in [-0.15, -0.1) is 0 Å². The fraction of sp³-hybridized carbons (Fsp3) is 0.464. The fourth-order valence-corrected chi connectivity index (χ4v) is 4.18. The minimum atomic E-state index is -0.617. The molecule has 3 amide bonds. The van der Waals surface area contributed by atoms with E-state index >= 15 is 0 Å². The van der Waals surface area contributed by atoms with E-state index < -0.39 is 11.5 Å². The van der Waals surface area contributed by atoms with Gasteiger partial charge in [0.2, 0.25) is 11.8 Å². The number of ether oxygens (including phenoxy) is 2. The minimum absolute atomic E-state index is 0.0105. The number of rotatable bonds is 8. The van der Waals surface area contributed by atoms with E-state index in [2.05, 4.69) is 13.8 Å². The van der Waals surface area contributed by atoms with Gasteiger partial charge < -0.3 is 14.4 Å². The maximum Gasteiger partial charge on any atom is 0.416 e. The third-order valence-corrected chi connectivity index (χ3v) is 5.87. The molecular weight excluding hydrogens is 444 g/mol. The molecule has 7 nitrogen and oxygen atoms in total. The molecule has 2 aromatic rings. The van der Waals surface area contributed by atoms with Crippen LogP contribution in [0.4, 0.5) is 10.5 Å². The first kappa shape index (κ1) is 26.3. The van der Waals surface area contributed by atoms with E-state index in [1.165, 1.54) is 4.90 Å². The monoisotopic (exact) mass is 480 g/mol. The normalized spacial score (nSPS) is 15.8. The summed E-state index contributed by atoms with van der Waals surface area (Å²) in [6, 6.07) is 14.8. The summed E-state index contributed by atoms with van der Waals surface area (Å²) in [5.41, 5.74) is 1.76. The van der Waals surface area contributed by atoms with Gasteiger partial charge in [0.15, 0.2) is 0 Å². The largest absolute Gasteiger partial charge is 0.495 e. The number of methoxy groups -OCH3 is 1. The summed E-state index contributed by atoms with van der Waals surface area (Å²) in [6.07, 6.45) is -0.0700. The Kier molecular flexibility index (Phi) is 8.20. The lowest BCUT2D eigenvalue weighted by Crippen LogP contribution is -2.42. The van der Waals surface area contributed by atoms with Crippen LogP contribution in [0.15, 0.2) is 48.5 Å². The van der Waals surface area contributed by atoms with Crippen molar-refractivity contribution in [3.8, 4) is 5.75 Å². The summed E-state index contributed by atoms with van der Waals surface area (Å²) >= 11 is 0. The lowest BCUT2D eigenvalue weighted by atomic mass is 9.93. The summed E-state index contributed by atoms with van der Waals surface area (Å²) < 4.78 is 10.8. The summed E-state index contributed by atoms with van der Waals surface area (Å²) in [4.78, 5) is 41.9. The van der Waals surface area contributed by atoms with Gasteiger partial charge in [-0.05, 0) is 35.6 Å². The van der Waals surface area contributed by atoms with Crippen molar-refractivity contribution in [2.75, 3.05) is 25.2 Å². The summed E-state index contributed by atoms with van der Waals surface area (Å²) in [5, 5.41) is 0. The van der Waals surface area contributed by atoms with Gasteiger partial charge in [0.05, 0.1) is 25.3 Å². The second-order valence-corrected chi connectivity index (χ2v) is 10.4. The van der Waals surface area contributed by atoms with Gasteiger partial charge in [-0.1, -0.05) is 71.0 Å². The molecule has 0 radical (unpaired) electrons. The molecule has 0 saturated carbocycles. The van der Waals surface area contributed by atoms with Gasteiger partial charge in [-0.2, -0.15) is 0 Å². The van der Waals surface area contributed by atoms with Crippen LogP contribution < -0.4 is 9.64 Å². The highest BCUT2D eigenvalue weighted by Gasteiger charge is 2.38. The highest BCUT2D eigenvalue weighted by molar-refractivity contribution is 5.99. The summed E-state index contributed by atoms with van der Waals surface area (Å²) in [7, 11) is 1.56. The van der Waals surface area contributed by atoms with Crippen molar-refractivity contribution in [2.45, 2.75) is 53.5 Å². The molecule has 1 heterocycles. The summed E-state index contributed by atoms with van der Waals surface area (Å²) in [5.74, 6) is 0.428. The van der Waals surface area contributed by atoms with E-state index in [4.69, 9.17) is 9.47 Å². The van der Waals surface area contributed by atoms with E-state index in [9.17, 15) is 14.4 Å². The van der Waals surface area contributed by atoms with E-state index in [1.54, 1.807) is 24.1 Å². The molecule has 1 saturated heterocycles. The van der Waals surface area contributed by atoms with Crippen LogP contribution in [0.3, 0.4) is 0 Å². The Labute approximate surface area is 208 Å². The molecule has 0 aromatic heterocycles. The van der Waals surface area contributed by atoms with Crippen LogP contribution in [-0.2, 0) is 27.2 Å². The fourth-order valence-electron chi connectivity index (χ4n) is 4.18. The Hall–Kier alpha value is -3.35. The Morgan fingerprint density at radius 1 is 1.11 bits per heavy atom. The van der Waals surface area contributed by atoms with Gasteiger partial charge in [0, 0.05) is 12.0 Å². The zero-order valence-electron chi connectivity index (χ0n) is 21.5. The van der Waals surface area contributed by atoms with Crippen LogP contribution in [0.1, 0.15) is 45.7 Å². The molecule has 0 unspecified atom stereocenters. The first-order valence-electron chi connectivity index (χ1n) is 12.0. The number of carbonyl (C=O) groups is 3. The first-order valence-corrected chi connectivity index (χ1v) is 12.0. The van der Waals surface area contributed by atoms with Gasteiger partial charge in [0.25, 0.3) is 0 Å². The van der Waals surface area contributed by atoms with Gasteiger partial charge >= 0.3 is 6.09 Å². The predicted molar refractivity (Wildman–Crippen MR) is 135 cm³/mol. The number of hydrogen-bond acceptors (Lipinski definition) is 5. The van der Waals surface area contributed by atoms with Crippen molar-refractivity contribution >= 4 is 23.6 Å². The molecule has 1 atom stereocenters. The molecule has 0 bridgehead atoms. The second-order valence-electron chi connectivity index (χ2n) is 10.4. The van der Waals surface area contributed by atoms with E-state index in [0.717, 1.165) is 5.56 Å². The molecule has 35 heavy (non-hydrogen) atoms. The maximum absolute atomic E-state index is 13.3. The number of carbonyl (C=O) groups excluding carboxylic acids is 3. The smallest absolute Gasteiger partial charge is 0.416 e. The molecule has 0 N–H and O–H groups in total. The molecule has 1 fully saturated rings. The minimum Gasteiger partial charge on any atom is -0.495 e. The van der Waals surface area contributed by atoms with Crippen LogP contribution in [0, 0.1) is 11.3 Å². The SMILES string of the molecule is COc1ccc(CC(=O)N2C(=O)OC[C@@H]2Cc2ccccc2)cc1N(CC(C)C)C(=O)C(C)(C)C. The third-order valence-electron chi connectivity index (χ3n) is 5.87. The molecule has 7 heteroatoms. The first-order chi connectivity index (χ1) is 16.5. The van der Waals surface area contributed by atoms with Crippen LogP contribution in [0.2, 0.25) is 0 Å². The number of hydrogen-bond donors (Lipinski definition) is 0. The number of benzene rings is 2. The maximum atomic E-state index is 13.3. The van der Waals surface area contributed by atoms with Crippen LogP contribution >= 0.6 is 0 Å². The average molecular weight is 481 g/mol. The highest BCUT2D eigenvalue weighted by atomic mass is 16.6. The molecule has 0 aliphatic carbocycles. The van der Waals surface area contributed by atoms with Gasteiger partial charge in [-0.3, -0.25) is 9.59 Å². The van der Waals surface area contributed by atoms with Crippen LogP contribution in [0.5, 0.6) is 5.75 Å². The van der Waals surface area contributed by atoms with Gasteiger partial charge in [-0.25, -0.2) is 9.69 Å². The molecule has 2 aromatic carbocycles. The Bertz CT molecular complexity index is 1060. The van der Waals surface area contributed by atoms with E-state index in [0.29, 0.717) is 30.0 Å². The Morgan fingerprint density at radius 3 is 2.40 bits per heavy atom. The summed E-state index contributed by atoms with van der Waals surface area (Å²) in [6.45, 7) is 10.4. The standard InChI is InChI=1S/C28H36N2O5/c1-19(2)17-29(26(32)28(3,4)5)23-15-21(12-13-24(23)34-6)16-25(31)30-22(18-35-27(30)33)14-20-10-8-7-9-11-20/h7-13,15,19,22H,14,16-18H2,1-6H3/t22-/m0/s1. The molecule has 1 aliphatic rings. The van der Waals surface area contributed by atoms with Crippen molar-refractivity contribution in [2.24, 2.45) is 11.3 Å². The number of imide groups is 1. The van der Waals surface area contributed by atoms with Crippen molar-refractivity contribution < 1.29 is 23.9 Å². The zero-order chi connectivity index (χ0) is 25.8. The quantitative estimate of drug-likeness (QED) is 0.539. The van der Waals surface area contributed by atoms with E-state index in [1.807, 2.05) is 57.2 Å². The lowest BCUT2D eigenvalue weighted by molar-refractivity contribution is -0.128. The number of amides is 3. The number of cyclic esters (lactones) is 1. The predicted octanol–water partition coefficient (Wildman–Crippen LogP) is 4.86. The van der Waals surface area contributed by atoms with Crippen molar-refractivity contribution in [1.82, 2.24) is 4.90 Å². The molecular formula is C28H36N2O5.